The van der Waals surface area contributed by atoms with Crippen molar-refractivity contribution in [3.05, 3.63) is 34.5 Å². The first-order valence-corrected chi connectivity index (χ1v) is 10.1. The second-order valence-electron chi connectivity index (χ2n) is 5.88. The molecule has 2 rings (SSSR count). The minimum absolute atomic E-state index is 0. The molecule has 2 N–H and O–H groups in total. The van der Waals surface area contributed by atoms with Crippen molar-refractivity contribution < 1.29 is 4.74 Å². The Kier molecular flexibility index (Phi) is 12.3. The Morgan fingerprint density at radius 2 is 2.26 bits per heavy atom. The van der Waals surface area contributed by atoms with E-state index in [-0.39, 0.29) is 30.0 Å². The van der Waals surface area contributed by atoms with Crippen molar-refractivity contribution >= 4 is 41.3 Å². The molecule has 0 radical (unpaired) electrons. The minimum Gasteiger partial charge on any atom is -0.382 e. The topological polar surface area (TPSA) is 76.4 Å². The fourth-order valence-electron chi connectivity index (χ4n) is 2.50. The van der Waals surface area contributed by atoms with Crippen LogP contribution in [0, 0.1) is 0 Å². The van der Waals surface area contributed by atoms with E-state index in [4.69, 9.17) is 4.74 Å². The van der Waals surface area contributed by atoms with Gasteiger partial charge < -0.3 is 19.9 Å². The van der Waals surface area contributed by atoms with Crippen LogP contribution in [0.4, 0.5) is 0 Å². The van der Waals surface area contributed by atoms with Crippen LogP contribution in [0.25, 0.3) is 0 Å². The van der Waals surface area contributed by atoms with Crippen LogP contribution in [-0.4, -0.2) is 47.0 Å². The first kappa shape index (κ1) is 23.8. The van der Waals surface area contributed by atoms with Gasteiger partial charge >= 0.3 is 0 Å². The highest BCUT2D eigenvalue weighted by Gasteiger charge is 2.09. The van der Waals surface area contributed by atoms with Gasteiger partial charge in [-0.1, -0.05) is 13.0 Å². The predicted molar refractivity (Wildman–Crippen MR) is 122 cm³/mol. The highest BCUT2D eigenvalue weighted by molar-refractivity contribution is 14.0. The molecule has 0 aliphatic heterocycles. The molecule has 2 heterocycles. The van der Waals surface area contributed by atoms with Gasteiger partial charge in [-0.15, -0.1) is 45.5 Å². The Labute approximate surface area is 183 Å². The minimum atomic E-state index is 0. The summed E-state index contributed by atoms with van der Waals surface area (Å²) in [5.41, 5.74) is 0. The van der Waals surface area contributed by atoms with Crippen molar-refractivity contribution in [1.29, 1.82) is 0 Å². The lowest BCUT2D eigenvalue weighted by molar-refractivity contribution is 0.146. The van der Waals surface area contributed by atoms with E-state index in [0.717, 1.165) is 57.5 Å². The number of guanidine groups is 1. The SMILES string of the molecule is CCOCCCN=C(NCCn1cnnc1CC)NC(C)c1cccs1.I. The normalized spacial score (nSPS) is 12.5. The Balaban J connectivity index is 0.00000364. The van der Waals surface area contributed by atoms with Gasteiger partial charge in [-0.2, -0.15) is 0 Å². The Hall–Kier alpha value is -1.20. The lowest BCUT2D eigenvalue weighted by Gasteiger charge is -2.18. The zero-order valence-corrected chi connectivity index (χ0v) is 19.5. The maximum Gasteiger partial charge on any atom is 0.191 e. The van der Waals surface area contributed by atoms with Gasteiger partial charge in [0.05, 0.1) is 6.04 Å². The molecule has 152 valence electrons. The zero-order valence-electron chi connectivity index (χ0n) is 16.4. The third kappa shape index (κ3) is 8.56. The Morgan fingerprint density at radius 1 is 1.41 bits per heavy atom. The van der Waals surface area contributed by atoms with E-state index in [1.54, 1.807) is 17.7 Å². The molecule has 1 atom stereocenters. The summed E-state index contributed by atoms with van der Waals surface area (Å²) in [5, 5.41) is 17.1. The molecule has 2 aromatic rings. The van der Waals surface area contributed by atoms with E-state index in [2.05, 4.69) is 61.8 Å². The monoisotopic (exact) mass is 506 g/mol. The average molecular weight is 506 g/mol. The number of aromatic nitrogens is 3. The highest BCUT2D eigenvalue weighted by Crippen LogP contribution is 2.17. The molecular formula is C18H31IN6OS. The molecule has 7 nitrogen and oxygen atoms in total. The van der Waals surface area contributed by atoms with Gasteiger partial charge in [0, 0.05) is 44.1 Å². The number of nitrogens with zero attached hydrogens (tertiary/aromatic N) is 4. The van der Waals surface area contributed by atoms with Crippen molar-refractivity contribution in [3.8, 4) is 0 Å². The summed E-state index contributed by atoms with van der Waals surface area (Å²) in [5.74, 6) is 1.83. The van der Waals surface area contributed by atoms with Crippen LogP contribution in [0.2, 0.25) is 0 Å². The number of thiophene rings is 1. The first-order chi connectivity index (χ1) is 12.7. The van der Waals surface area contributed by atoms with Crippen molar-refractivity contribution in [2.24, 2.45) is 4.99 Å². The second kappa shape index (κ2) is 13.9. The van der Waals surface area contributed by atoms with E-state index >= 15 is 0 Å². The fourth-order valence-corrected chi connectivity index (χ4v) is 3.24. The Bertz CT molecular complexity index is 646. The van der Waals surface area contributed by atoms with Crippen molar-refractivity contribution in [3.63, 3.8) is 0 Å². The molecule has 0 saturated heterocycles. The molecule has 0 aromatic carbocycles. The summed E-state index contributed by atoms with van der Waals surface area (Å²) in [7, 11) is 0. The smallest absolute Gasteiger partial charge is 0.191 e. The quantitative estimate of drug-likeness (QED) is 0.212. The Morgan fingerprint density at radius 3 is 2.96 bits per heavy atom. The summed E-state index contributed by atoms with van der Waals surface area (Å²) in [6, 6.07) is 4.43. The number of aryl methyl sites for hydroxylation is 1. The van der Waals surface area contributed by atoms with Crippen LogP contribution in [0.15, 0.2) is 28.8 Å². The van der Waals surface area contributed by atoms with Crippen molar-refractivity contribution in [1.82, 2.24) is 25.4 Å². The molecule has 0 saturated carbocycles. The van der Waals surface area contributed by atoms with Crippen LogP contribution >= 0.6 is 35.3 Å². The number of hydrogen-bond donors (Lipinski definition) is 2. The van der Waals surface area contributed by atoms with E-state index in [1.807, 2.05) is 6.92 Å². The van der Waals surface area contributed by atoms with Gasteiger partial charge in [-0.05, 0) is 31.7 Å². The van der Waals surface area contributed by atoms with E-state index < -0.39 is 0 Å². The van der Waals surface area contributed by atoms with Gasteiger partial charge in [-0.3, -0.25) is 4.99 Å². The van der Waals surface area contributed by atoms with Crippen LogP contribution in [-0.2, 0) is 17.7 Å². The lowest BCUT2D eigenvalue weighted by Crippen LogP contribution is -2.40. The van der Waals surface area contributed by atoms with E-state index in [9.17, 15) is 0 Å². The molecule has 0 amide bonds. The number of aliphatic imine (C=N–C) groups is 1. The molecule has 2 aromatic heterocycles. The summed E-state index contributed by atoms with van der Waals surface area (Å²) in [6.45, 7) is 10.1. The van der Waals surface area contributed by atoms with Crippen molar-refractivity contribution in [2.75, 3.05) is 26.3 Å². The van der Waals surface area contributed by atoms with Crippen LogP contribution in [0.5, 0.6) is 0 Å². The molecule has 27 heavy (non-hydrogen) atoms. The molecule has 0 aliphatic carbocycles. The molecular weight excluding hydrogens is 475 g/mol. The predicted octanol–water partition coefficient (Wildman–Crippen LogP) is 3.24. The molecule has 0 aliphatic rings. The average Bonchev–Trinajstić information content (AvgIpc) is 3.32. The van der Waals surface area contributed by atoms with E-state index in [1.165, 1.54) is 4.88 Å². The lowest BCUT2D eigenvalue weighted by atomic mass is 10.3. The largest absolute Gasteiger partial charge is 0.382 e. The van der Waals surface area contributed by atoms with Gasteiger partial charge in [0.1, 0.15) is 12.2 Å². The molecule has 1 unspecified atom stereocenters. The number of hydrogen-bond acceptors (Lipinski definition) is 5. The summed E-state index contributed by atoms with van der Waals surface area (Å²) in [4.78, 5) is 5.98. The number of rotatable bonds is 11. The summed E-state index contributed by atoms with van der Waals surface area (Å²) < 4.78 is 7.46. The van der Waals surface area contributed by atoms with Gasteiger partial charge in [-0.25, -0.2) is 0 Å². The van der Waals surface area contributed by atoms with Crippen LogP contribution in [0.1, 0.15) is 43.9 Å². The van der Waals surface area contributed by atoms with Gasteiger partial charge in [0.25, 0.3) is 0 Å². The van der Waals surface area contributed by atoms with Gasteiger partial charge in [0.2, 0.25) is 0 Å². The first-order valence-electron chi connectivity index (χ1n) is 9.27. The second-order valence-corrected chi connectivity index (χ2v) is 6.86. The standard InChI is InChI=1S/C18H30N6OS.HI/c1-4-17-23-21-14-24(17)11-10-20-18(19-9-7-12-25-5-2)22-15(3)16-8-6-13-26-16;/h6,8,13-15H,4-5,7,9-12H2,1-3H3,(H2,19,20,22);1H. The number of ether oxygens (including phenoxy) is 1. The van der Waals surface area contributed by atoms with Crippen LogP contribution < -0.4 is 10.6 Å². The molecule has 0 fully saturated rings. The molecule has 0 spiro atoms. The number of nitrogens with one attached hydrogen (secondary N) is 2. The molecule has 9 heteroatoms. The zero-order chi connectivity index (χ0) is 18.6. The third-order valence-electron chi connectivity index (χ3n) is 3.90. The molecule has 0 bridgehead atoms. The van der Waals surface area contributed by atoms with E-state index in [0.29, 0.717) is 0 Å². The maximum atomic E-state index is 5.39. The summed E-state index contributed by atoms with van der Waals surface area (Å²) in [6.07, 6.45) is 3.58. The third-order valence-corrected chi connectivity index (χ3v) is 4.96. The van der Waals surface area contributed by atoms with Crippen LogP contribution in [0.3, 0.4) is 0 Å². The van der Waals surface area contributed by atoms with Crippen molar-refractivity contribution in [2.45, 2.75) is 46.2 Å². The fraction of sp³-hybridized carbons (Fsp3) is 0.611. The number of halogens is 1. The maximum absolute atomic E-state index is 5.39. The van der Waals surface area contributed by atoms with Gasteiger partial charge in [0.15, 0.2) is 5.96 Å². The summed E-state index contributed by atoms with van der Waals surface area (Å²) >= 11 is 1.75. The highest BCUT2D eigenvalue weighted by atomic mass is 127.